The van der Waals surface area contributed by atoms with E-state index in [9.17, 15) is 9.18 Å². The fraction of sp³-hybridized carbons (Fsp3) is 0.588. The Morgan fingerprint density at radius 3 is 2.95 bits per heavy atom. The lowest BCUT2D eigenvalue weighted by Gasteiger charge is -2.33. The third-order valence-electron chi connectivity index (χ3n) is 4.22. The SMILES string of the molecule is Cc1ccc(C(=O)NCCCN2CCCCC2C)c(F)c1. The Labute approximate surface area is 126 Å². The Kier molecular flexibility index (Phi) is 5.74. The van der Waals surface area contributed by atoms with Gasteiger partial charge in [0.25, 0.3) is 5.91 Å². The molecule has 116 valence electrons. The normalized spacial score (nSPS) is 19.5. The van der Waals surface area contributed by atoms with E-state index in [1.54, 1.807) is 12.1 Å². The van der Waals surface area contributed by atoms with Crippen LogP contribution in [0, 0.1) is 12.7 Å². The summed E-state index contributed by atoms with van der Waals surface area (Å²) < 4.78 is 13.7. The van der Waals surface area contributed by atoms with E-state index in [1.165, 1.54) is 25.3 Å². The van der Waals surface area contributed by atoms with Crippen molar-refractivity contribution in [3.05, 3.63) is 35.1 Å². The van der Waals surface area contributed by atoms with Crippen LogP contribution >= 0.6 is 0 Å². The van der Waals surface area contributed by atoms with Crippen LogP contribution in [0.1, 0.15) is 48.5 Å². The van der Waals surface area contributed by atoms with Gasteiger partial charge in [0.05, 0.1) is 5.56 Å². The van der Waals surface area contributed by atoms with Crippen LogP contribution < -0.4 is 5.32 Å². The molecule has 1 heterocycles. The highest BCUT2D eigenvalue weighted by molar-refractivity contribution is 5.94. The first-order valence-electron chi connectivity index (χ1n) is 7.86. The van der Waals surface area contributed by atoms with Crippen LogP contribution in [0.3, 0.4) is 0 Å². The van der Waals surface area contributed by atoms with Gasteiger partial charge >= 0.3 is 0 Å². The first-order chi connectivity index (χ1) is 10.1. The molecule has 1 aliphatic heterocycles. The maximum Gasteiger partial charge on any atom is 0.254 e. The van der Waals surface area contributed by atoms with Gasteiger partial charge in [-0.1, -0.05) is 12.5 Å². The molecule has 1 aromatic rings. The molecule has 1 unspecified atom stereocenters. The van der Waals surface area contributed by atoms with Crippen molar-refractivity contribution in [2.45, 2.75) is 45.6 Å². The average Bonchev–Trinajstić information content (AvgIpc) is 2.45. The van der Waals surface area contributed by atoms with Crippen molar-refractivity contribution in [2.75, 3.05) is 19.6 Å². The van der Waals surface area contributed by atoms with E-state index in [0.29, 0.717) is 12.6 Å². The molecular weight excluding hydrogens is 267 g/mol. The third-order valence-corrected chi connectivity index (χ3v) is 4.22. The zero-order chi connectivity index (χ0) is 15.2. The molecule has 0 aliphatic carbocycles. The van der Waals surface area contributed by atoms with Gasteiger partial charge in [-0.3, -0.25) is 4.79 Å². The molecular formula is C17H25FN2O. The predicted molar refractivity (Wildman–Crippen MR) is 83.0 cm³/mol. The number of hydrogen-bond acceptors (Lipinski definition) is 2. The number of benzene rings is 1. The lowest BCUT2D eigenvalue weighted by Crippen LogP contribution is -2.39. The minimum atomic E-state index is -0.447. The Hall–Kier alpha value is -1.42. The van der Waals surface area contributed by atoms with Crippen molar-refractivity contribution in [2.24, 2.45) is 0 Å². The zero-order valence-corrected chi connectivity index (χ0v) is 13.0. The molecule has 0 bridgehead atoms. The summed E-state index contributed by atoms with van der Waals surface area (Å²) in [6.07, 6.45) is 4.76. The molecule has 1 saturated heterocycles. The molecule has 1 aliphatic rings. The minimum absolute atomic E-state index is 0.131. The fourth-order valence-electron chi connectivity index (χ4n) is 2.87. The van der Waals surface area contributed by atoms with Gasteiger partial charge < -0.3 is 10.2 Å². The molecule has 0 aromatic heterocycles. The molecule has 1 N–H and O–H groups in total. The number of carbonyl (C=O) groups excluding carboxylic acids is 1. The molecule has 4 heteroatoms. The average molecular weight is 292 g/mol. The molecule has 3 nitrogen and oxygen atoms in total. The molecule has 1 amide bonds. The van der Waals surface area contributed by atoms with Crippen molar-refractivity contribution in [3.63, 3.8) is 0 Å². The van der Waals surface area contributed by atoms with Crippen LogP contribution in [-0.2, 0) is 0 Å². The van der Waals surface area contributed by atoms with Crippen LogP contribution in [0.5, 0.6) is 0 Å². The molecule has 1 aromatic carbocycles. The van der Waals surface area contributed by atoms with E-state index < -0.39 is 5.82 Å². The Morgan fingerprint density at radius 1 is 1.43 bits per heavy atom. The number of carbonyl (C=O) groups is 1. The topological polar surface area (TPSA) is 32.3 Å². The van der Waals surface area contributed by atoms with Crippen LogP contribution in [0.4, 0.5) is 4.39 Å². The number of nitrogens with zero attached hydrogens (tertiary/aromatic N) is 1. The molecule has 1 fully saturated rings. The van der Waals surface area contributed by atoms with Gasteiger partial charge in [-0.2, -0.15) is 0 Å². The van der Waals surface area contributed by atoms with E-state index in [0.717, 1.165) is 25.1 Å². The molecule has 2 rings (SSSR count). The largest absolute Gasteiger partial charge is 0.352 e. The number of halogens is 1. The van der Waals surface area contributed by atoms with Crippen molar-refractivity contribution >= 4 is 5.91 Å². The second kappa shape index (κ2) is 7.55. The molecule has 0 spiro atoms. The smallest absolute Gasteiger partial charge is 0.254 e. The number of likely N-dealkylation sites (tertiary alicyclic amines) is 1. The van der Waals surface area contributed by atoms with Gasteiger partial charge in [0.15, 0.2) is 0 Å². The van der Waals surface area contributed by atoms with Crippen molar-refractivity contribution in [1.82, 2.24) is 10.2 Å². The second-order valence-corrected chi connectivity index (χ2v) is 5.97. The monoisotopic (exact) mass is 292 g/mol. The Morgan fingerprint density at radius 2 is 2.24 bits per heavy atom. The first-order valence-corrected chi connectivity index (χ1v) is 7.86. The highest BCUT2D eigenvalue weighted by Gasteiger charge is 2.17. The van der Waals surface area contributed by atoms with Crippen molar-refractivity contribution < 1.29 is 9.18 Å². The van der Waals surface area contributed by atoms with Gasteiger partial charge in [-0.25, -0.2) is 4.39 Å². The zero-order valence-electron chi connectivity index (χ0n) is 13.0. The summed E-state index contributed by atoms with van der Waals surface area (Å²) >= 11 is 0. The second-order valence-electron chi connectivity index (χ2n) is 5.97. The molecule has 1 atom stereocenters. The Balaban J connectivity index is 1.74. The minimum Gasteiger partial charge on any atom is -0.352 e. The van der Waals surface area contributed by atoms with Crippen LogP contribution in [0.15, 0.2) is 18.2 Å². The van der Waals surface area contributed by atoms with E-state index in [4.69, 9.17) is 0 Å². The number of rotatable bonds is 5. The number of nitrogens with one attached hydrogen (secondary N) is 1. The van der Waals surface area contributed by atoms with E-state index in [2.05, 4.69) is 17.1 Å². The van der Waals surface area contributed by atoms with Gasteiger partial charge in [-0.05, 0) is 57.4 Å². The predicted octanol–water partition coefficient (Wildman–Crippen LogP) is 3.13. The third kappa shape index (κ3) is 4.53. The maximum absolute atomic E-state index is 13.7. The number of amides is 1. The molecule has 0 radical (unpaired) electrons. The standard InChI is InChI=1S/C17H25FN2O/c1-13-7-8-15(16(18)12-13)17(21)19-9-5-11-20-10-4-3-6-14(20)2/h7-8,12,14H,3-6,9-11H2,1-2H3,(H,19,21). The summed E-state index contributed by atoms with van der Waals surface area (Å²) in [7, 11) is 0. The maximum atomic E-state index is 13.7. The lowest BCUT2D eigenvalue weighted by atomic mass is 10.0. The molecule has 0 saturated carbocycles. The summed E-state index contributed by atoms with van der Waals surface area (Å²) in [5, 5.41) is 2.81. The van der Waals surface area contributed by atoms with Crippen molar-refractivity contribution in [3.8, 4) is 0 Å². The summed E-state index contributed by atoms with van der Waals surface area (Å²) in [5.74, 6) is -0.767. The summed E-state index contributed by atoms with van der Waals surface area (Å²) in [4.78, 5) is 14.4. The van der Waals surface area contributed by atoms with E-state index >= 15 is 0 Å². The Bertz CT molecular complexity index is 490. The summed E-state index contributed by atoms with van der Waals surface area (Å²) in [6, 6.07) is 5.34. The van der Waals surface area contributed by atoms with Crippen LogP contribution in [-0.4, -0.2) is 36.5 Å². The fourth-order valence-corrected chi connectivity index (χ4v) is 2.87. The van der Waals surface area contributed by atoms with E-state index in [-0.39, 0.29) is 11.5 Å². The van der Waals surface area contributed by atoms with Crippen molar-refractivity contribution in [1.29, 1.82) is 0 Å². The van der Waals surface area contributed by atoms with E-state index in [1.807, 2.05) is 6.92 Å². The highest BCUT2D eigenvalue weighted by atomic mass is 19.1. The van der Waals surface area contributed by atoms with Crippen LogP contribution in [0.25, 0.3) is 0 Å². The lowest BCUT2D eigenvalue weighted by molar-refractivity contribution is 0.0945. The van der Waals surface area contributed by atoms with Gasteiger partial charge in [0.1, 0.15) is 5.82 Å². The van der Waals surface area contributed by atoms with Gasteiger partial charge in [-0.15, -0.1) is 0 Å². The number of hydrogen-bond donors (Lipinski definition) is 1. The molecule has 21 heavy (non-hydrogen) atoms. The summed E-state index contributed by atoms with van der Waals surface area (Å²) in [5.41, 5.74) is 0.954. The highest BCUT2D eigenvalue weighted by Crippen LogP contribution is 2.16. The van der Waals surface area contributed by atoms with Gasteiger partial charge in [0, 0.05) is 19.1 Å². The van der Waals surface area contributed by atoms with Crippen LogP contribution in [0.2, 0.25) is 0 Å². The van der Waals surface area contributed by atoms with Gasteiger partial charge in [0.2, 0.25) is 0 Å². The number of aryl methyl sites for hydroxylation is 1. The quantitative estimate of drug-likeness (QED) is 0.846. The number of piperidine rings is 1. The summed E-state index contributed by atoms with van der Waals surface area (Å²) in [6.45, 7) is 6.82. The first kappa shape index (κ1) is 16.0.